The predicted octanol–water partition coefficient (Wildman–Crippen LogP) is 1.68. The van der Waals surface area contributed by atoms with E-state index < -0.39 is 0 Å². The molecule has 0 bridgehead atoms. The minimum atomic E-state index is -0.154. The third-order valence-corrected chi connectivity index (χ3v) is 3.99. The van der Waals surface area contributed by atoms with Gasteiger partial charge in [0.05, 0.1) is 6.10 Å². The van der Waals surface area contributed by atoms with Gasteiger partial charge in [-0.15, -0.1) is 0 Å². The molecule has 7 heteroatoms. The second kappa shape index (κ2) is 9.17. The first-order valence-electron chi connectivity index (χ1n) is 8.50. The lowest BCUT2D eigenvalue weighted by Crippen LogP contribution is -2.36. The fourth-order valence-corrected chi connectivity index (χ4v) is 2.73. The normalized spacial score (nSPS) is 16.3. The minimum Gasteiger partial charge on any atom is -0.376 e. The first kappa shape index (κ1) is 18.9. The van der Waals surface area contributed by atoms with Gasteiger partial charge >= 0.3 is 0 Å². The summed E-state index contributed by atoms with van der Waals surface area (Å²) in [6, 6.07) is 6.95. The van der Waals surface area contributed by atoms with Crippen molar-refractivity contribution in [3.8, 4) is 0 Å². The van der Waals surface area contributed by atoms with Crippen molar-refractivity contribution in [3.63, 3.8) is 0 Å². The van der Waals surface area contributed by atoms with Crippen molar-refractivity contribution in [3.05, 3.63) is 24.3 Å². The van der Waals surface area contributed by atoms with Crippen molar-refractivity contribution in [2.45, 2.75) is 39.2 Å². The zero-order chi connectivity index (χ0) is 18.2. The molecule has 2 rings (SSSR count). The molecule has 1 aliphatic heterocycles. The van der Waals surface area contributed by atoms with Crippen molar-refractivity contribution in [1.29, 1.82) is 0 Å². The summed E-state index contributed by atoms with van der Waals surface area (Å²) in [6.45, 7) is 4.47. The van der Waals surface area contributed by atoms with Crippen LogP contribution >= 0.6 is 0 Å². The van der Waals surface area contributed by atoms with Gasteiger partial charge in [0.15, 0.2) is 0 Å². The van der Waals surface area contributed by atoms with Gasteiger partial charge in [-0.1, -0.05) is 0 Å². The van der Waals surface area contributed by atoms with Gasteiger partial charge in [0, 0.05) is 51.3 Å². The van der Waals surface area contributed by atoms with Gasteiger partial charge in [-0.05, 0) is 37.1 Å². The highest BCUT2D eigenvalue weighted by Crippen LogP contribution is 2.18. The second-order valence-corrected chi connectivity index (χ2v) is 6.09. The molecule has 1 aromatic rings. The molecular weight excluding hydrogens is 322 g/mol. The predicted molar refractivity (Wildman–Crippen MR) is 95.4 cm³/mol. The molecule has 136 valence electrons. The Bertz CT molecular complexity index is 609. The average molecular weight is 347 g/mol. The zero-order valence-electron chi connectivity index (χ0n) is 14.7. The standard InChI is InChI=1S/C18H25N3O4/c1-13(22)20-15-5-7-16(8-6-15)21(14(2)23)10-9-18(24)19-12-17-4-3-11-25-17/h5-8,17H,3-4,9-12H2,1-2H3,(H,19,24)(H,20,22). The number of carbonyl (C=O) groups is 3. The molecule has 0 aromatic heterocycles. The molecule has 0 radical (unpaired) electrons. The van der Waals surface area contributed by atoms with Crippen molar-refractivity contribution in [2.24, 2.45) is 0 Å². The van der Waals surface area contributed by atoms with Gasteiger partial charge in [-0.2, -0.15) is 0 Å². The minimum absolute atomic E-state index is 0.100. The molecule has 0 spiro atoms. The number of nitrogens with one attached hydrogen (secondary N) is 2. The molecule has 1 fully saturated rings. The number of ether oxygens (including phenoxy) is 1. The van der Waals surface area contributed by atoms with E-state index in [1.807, 2.05) is 0 Å². The highest BCUT2D eigenvalue weighted by atomic mass is 16.5. The van der Waals surface area contributed by atoms with Crippen molar-refractivity contribution < 1.29 is 19.1 Å². The largest absolute Gasteiger partial charge is 0.376 e. The van der Waals surface area contributed by atoms with Gasteiger partial charge < -0.3 is 20.3 Å². The molecule has 1 unspecified atom stereocenters. The Morgan fingerprint density at radius 3 is 2.48 bits per heavy atom. The molecule has 1 saturated heterocycles. The van der Waals surface area contributed by atoms with Crippen molar-refractivity contribution >= 4 is 29.1 Å². The van der Waals surface area contributed by atoms with Crippen LogP contribution in [0.3, 0.4) is 0 Å². The smallest absolute Gasteiger partial charge is 0.223 e. The molecule has 0 saturated carbocycles. The van der Waals surface area contributed by atoms with Crippen LogP contribution in [-0.2, 0) is 19.1 Å². The van der Waals surface area contributed by atoms with E-state index in [0.29, 0.717) is 24.5 Å². The molecule has 1 aliphatic rings. The topological polar surface area (TPSA) is 87.7 Å². The number of amides is 3. The molecular formula is C18H25N3O4. The lowest BCUT2D eigenvalue weighted by molar-refractivity contribution is -0.121. The number of carbonyl (C=O) groups excluding carboxylic acids is 3. The summed E-state index contributed by atoms with van der Waals surface area (Å²) in [4.78, 5) is 36.5. The summed E-state index contributed by atoms with van der Waals surface area (Å²) in [6.07, 6.45) is 2.34. The van der Waals surface area contributed by atoms with Crippen LogP contribution in [-0.4, -0.2) is 43.5 Å². The quantitative estimate of drug-likeness (QED) is 0.786. The van der Waals surface area contributed by atoms with Crippen LogP contribution in [0.2, 0.25) is 0 Å². The third-order valence-electron chi connectivity index (χ3n) is 3.99. The van der Waals surface area contributed by atoms with Crippen LogP contribution in [0.4, 0.5) is 11.4 Å². The number of hydrogen-bond acceptors (Lipinski definition) is 4. The number of rotatable bonds is 7. The Balaban J connectivity index is 1.86. The molecule has 25 heavy (non-hydrogen) atoms. The van der Waals surface area contributed by atoms with E-state index in [0.717, 1.165) is 19.4 Å². The van der Waals surface area contributed by atoms with E-state index in [1.54, 1.807) is 29.2 Å². The van der Waals surface area contributed by atoms with E-state index in [9.17, 15) is 14.4 Å². The summed E-state index contributed by atoms with van der Waals surface area (Å²) in [7, 11) is 0. The molecule has 1 heterocycles. The van der Waals surface area contributed by atoms with Gasteiger partial charge in [-0.25, -0.2) is 0 Å². The third kappa shape index (κ3) is 6.19. The van der Waals surface area contributed by atoms with Gasteiger partial charge in [0.25, 0.3) is 0 Å². The maximum Gasteiger partial charge on any atom is 0.223 e. The maximum absolute atomic E-state index is 12.0. The van der Waals surface area contributed by atoms with Crippen molar-refractivity contribution in [2.75, 3.05) is 29.9 Å². The first-order chi connectivity index (χ1) is 12.0. The molecule has 7 nitrogen and oxygen atoms in total. The van der Waals surface area contributed by atoms with E-state index >= 15 is 0 Å². The van der Waals surface area contributed by atoms with Gasteiger partial charge in [0.1, 0.15) is 0 Å². The Labute approximate surface area is 147 Å². The van der Waals surface area contributed by atoms with Gasteiger partial charge in [0.2, 0.25) is 17.7 Å². The number of hydrogen-bond donors (Lipinski definition) is 2. The highest BCUT2D eigenvalue weighted by molar-refractivity contribution is 5.93. The van der Waals surface area contributed by atoms with E-state index in [4.69, 9.17) is 4.74 Å². The van der Waals surface area contributed by atoms with Crippen LogP contribution in [0.15, 0.2) is 24.3 Å². The summed E-state index contributed by atoms with van der Waals surface area (Å²) in [5.74, 6) is -0.394. The van der Waals surface area contributed by atoms with E-state index in [1.165, 1.54) is 13.8 Å². The maximum atomic E-state index is 12.0. The fraction of sp³-hybridized carbons (Fsp3) is 0.500. The SMILES string of the molecule is CC(=O)Nc1ccc(N(CCC(=O)NCC2CCCO2)C(C)=O)cc1. The van der Waals surface area contributed by atoms with Crippen LogP contribution in [0.5, 0.6) is 0 Å². The van der Waals surface area contributed by atoms with Gasteiger partial charge in [-0.3, -0.25) is 14.4 Å². The van der Waals surface area contributed by atoms with E-state index in [2.05, 4.69) is 10.6 Å². The Morgan fingerprint density at radius 2 is 1.92 bits per heavy atom. The highest BCUT2D eigenvalue weighted by Gasteiger charge is 2.17. The lowest BCUT2D eigenvalue weighted by Gasteiger charge is -2.21. The van der Waals surface area contributed by atoms with Crippen molar-refractivity contribution in [1.82, 2.24) is 5.32 Å². The summed E-state index contributed by atoms with van der Waals surface area (Å²) < 4.78 is 5.47. The lowest BCUT2D eigenvalue weighted by atomic mass is 10.2. The zero-order valence-corrected chi connectivity index (χ0v) is 14.7. The summed E-state index contributed by atoms with van der Waals surface area (Å²) in [5.41, 5.74) is 1.35. The summed E-state index contributed by atoms with van der Waals surface area (Å²) in [5, 5.41) is 5.53. The summed E-state index contributed by atoms with van der Waals surface area (Å²) >= 11 is 0. The average Bonchev–Trinajstić information content (AvgIpc) is 3.07. The Morgan fingerprint density at radius 1 is 1.20 bits per heavy atom. The number of anilines is 2. The number of nitrogens with zero attached hydrogens (tertiary/aromatic N) is 1. The molecule has 3 amide bonds. The Kier molecular flexibility index (Phi) is 6.94. The van der Waals surface area contributed by atoms with Crippen LogP contribution in [0.1, 0.15) is 33.1 Å². The fourth-order valence-electron chi connectivity index (χ4n) is 2.73. The molecule has 0 aliphatic carbocycles. The Hall–Kier alpha value is -2.41. The monoisotopic (exact) mass is 347 g/mol. The second-order valence-electron chi connectivity index (χ2n) is 6.09. The van der Waals surface area contributed by atoms with E-state index in [-0.39, 0.29) is 30.2 Å². The van der Waals surface area contributed by atoms with Crippen LogP contribution in [0.25, 0.3) is 0 Å². The number of benzene rings is 1. The van der Waals surface area contributed by atoms with Crippen LogP contribution < -0.4 is 15.5 Å². The molecule has 1 atom stereocenters. The first-order valence-corrected chi connectivity index (χ1v) is 8.50. The van der Waals surface area contributed by atoms with Crippen LogP contribution in [0, 0.1) is 0 Å². The molecule has 2 N–H and O–H groups in total. The molecule has 1 aromatic carbocycles.